The number of aryl methyl sites for hydroxylation is 1. The first-order valence-electron chi connectivity index (χ1n) is 8.77. The average molecular weight is 338 g/mol. The molecule has 3 heterocycles. The number of hydrogen-bond donors (Lipinski definition) is 0. The Hall–Kier alpha value is -1.94. The number of fused-ring (bicyclic) bond motifs is 2. The van der Waals surface area contributed by atoms with Gasteiger partial charge in [0.2, 0.25) is 0 Å². The summed E-state index contributed by atoms with van der Waals surface area (Å²) in [6, 6.07) is 10.9. The minimum atomic E-state index is 0.185. The molecule has 1 atom stereocenters. The van der Waals surface area contributed by atoms with Crippen LogP contribution in [0.5, 0.6) is 0 Å². The molecule has 4 heteroatoms. The fourth-order valence-electron chi connectivity index (χ4n) is 3.68. The molecule has 3 nitrogen and oxygen atoms in total. The Labute approximate surface area is 146 Å². The molecule has 1 fully saturated rings. The molecule has 1 saturated heterocycles. The molecular weight excluding hydrogens is 316 g/mol. The molecular formula is C20H22N2OS. The number of aromatic nitrogens is 1. The normalized spacial score (nSPS) is 18.4. The van der Waals surface area contributed by atoms with Crippen LogP contribution in [0.4, 0.5) is 0 Å². The quantitative estimate of drug-likeness (QED) is 0.646. The van der Waals surface area contributed by atoms with E-state index in [0.29, 0.717) is 6.04 Å². The van der Waals surface area contributed by atoms with Crippen molar-refractivity contribution in [1.82, 2.24) is 9.88 Å². The van der Waals surface area contributed by atoms with Gasteiger partial charge in [-0.25, -0.2) is 4.98 Å². The Morgan fingerprint density at radius 1 is 1.25 bits per heavy atom. The molecule has 1 aliphatic rings. The molecule has 1 aliphatic heterocycles. The van der Waals surface area contributed by atoms with E-state index in [4.69, 9.17) is 4.98 Å². The Bertz CT molecular complexity index is 915. The summed E-state index contributed by atoms with van der Waals surface area (Å²) in [5, 5.41) is 2.21. The molecule has 0 bridgehead atoms. The second-order valence-electron chi connectivity index (χ2n) is 6.75. The summed E-state index contributed by atoms with van der Waals surface area (Å²) in [6.45, 7) is 5.15. The number of carbonyl (C=O) groups is 1. The molecule has 0 aliphatic carbocycles. The number of piperidine rings is 1. The molecule has 1 amide bonds. The lowest BCUT2D eigenvalue weighted by Crippen LogP contribution is -2.43. The number of hydrogen-bond acceptors (Lipinski definition) is 3. The van der Waals surface area contributed by atoms with Crippen molar-refractivity contribution in [1.29, 1.82) is 0 Å². The maximum atomic E-state index is 13.0. The number of rotatable bonds is 2. The Balaban J connectivity index is 1.73. The van der Waals surface area contributed by atoms with Crippen LogP contribution in [0.2, 0.25) is 0 Å². The monoisotopic (exact) mass is 338 g/mol. The molecule has 1 aromatic carbocycles. The predicted octanol–water partition coefficient (Wildman–Crippen LogP) is 5.16. The van der Waals surface area contributed by atoms with Gasteiger partial charge < -0.3 is 4.90 Å². The molecule has 0 spiro atoms. The first-order valence-corrected chi connectivity index (χ1v) is 9.59. The van der Waals surface area contributed by atoms with Gasteiger partial charge in [-0.3, -0.25) is 4.79 Å². The maximum absolute atomic E-state index is 13.0. The largest absolute Gasteiger partial charge is 0.335 e. The highest BCUT2D eigenvalue weighted by Gasteiger charge is 2.27. The Morgan fingerprint density at radius 3 is 2.96 bits per heavy atom. The molecule has 1 unspecified atom stereocenters. The summed E-state index contributed by atoms with van der Waals surface area (Å²) < 4.78 is 0. The fraction of sp³-hybridized carbons (Fsp3) is 0.400. The number of benzene rings is 1. The summed E-state index contributed by atoms with van der Waals surface area (Å²) >= 11 is 1.53. The van der Waals surface area contributed by atoms with E-state index in [2.05, 4.69) is 43.0 Å². The van der Waals surface area contributed by atoms with Crippen LogP contribution in [0.3, 0.4) is 0 Å². The van der Waals surface area contributed by atoms with Gasteiger partial charge in [-0.15, -0.1) is 11.3 Å². The van der Waals surface area contributed by atoms with E-state index in [1.807, 2.05) is 6.07 Å². The van der Waals surface area contributed by atoms with Gasteiger partial charge in [-0.2, -0.15) is 0 Å². The van der Waals surface area contributed by atoms with Gasteiger partial charge in [-0.05, 0) is 56.4 Å². The number of carbonyl (C=O) groups excluding carboxylic acids is 1. The van der Waals surface area contributed by atoms with Gasteiger partial charge in [0.1, 0.15) is 4.83 Å². The zero-order valence-corrected chi connectivity index (χ0v) is 15.0. The first kappa shape index (κ1) is 15.6. The van der Waals surface area contributed by atoms with Crippen molar-refractivity contribution in [3.63, 3.8) is 0 Å². The lowest BCUT2D eigenvalue weighted by Gasteiger charge is -2.34. The summed E-state index contributed by atoms with van der Waals surface area (Å²) in [7, 11) is 0. The van der Waals surface area contributed by atoms with Gasteiger partial charge in [0.15, 0.2) is 0 Å². The molecule has 0 radical (unpaired) electrons. The number of thiophene rings is 1. The number of nitrogens with zero attached hydrogens (tertiary/aromatic N) is 2. The van der Waals surface area contributed by atoms with Crippen molar-refractivity contribution in [2.45, 2.75) is 45.6 Å². The molecule has 0 saturated carbocycles. The van der Waals surface area contributed by atoms with Crippen LogP contribution in [0.1, 0.15) is 47.8 Å². The van der Waals surface area contributed by atoms with Crippen LogP contribution in [-0.2, 0) is 0 Å². The van der Waals surface area contributed by atoms with Gasteiger partial charge in [-0.1, -0.05) is 19.1 Å². The summed E-state index contributed by atoms with van der Waals surface area (Å²) in [5.74, 6) is 0.185. The van der Waals surface area contributed by atoms with E-state index in [1.54, 1.807) is 0 Å². The van der Waals surface area contributed by atoms with Gasteiger partial charge >= 0.3 is 0 Å². The maximum Gasteiger partial charge on any atom is 0.264 e. The second kappa shape index (κ2) is 6.17. The smallest absolute Gasteiger partial charge is 0.264 e. The molecule has 4 rings (SSSR count). The van der Waals surface area contributed by atoms with Crippen molar-refractivity contribution < 1.29 is 4.79 Å². The lowest BCUT2D eigenvalue weighted by molar-refractivity contribution is 0.0613. The van der Waals surface area contributed by atoms with Crippen molar-refractivity contribution in [3.8, 4) is 0 Å². The van der Waals surface area contributed by atoms with Gasteiger partial charge in [0, 0.05) is 23.4 Å². The highest BCUT2D eigenvalue weighted by Crippen LogP contribution is 2.30. The zero-order chi connectivity index (χ0) is 16.7. The van der Waals surface area contributed by atoms with Crippen LogP contribution in [0.25, 0.3) is 21.1 Å². The highest BCUT2D eigenvalue weighted by molar-refractivity contribution is 7.20. The van der Waals surface area contributed by atoms with Crippen LogP contribution in [-0.4, -0.2) is 28.4 Å². The van der Waals surface area contributed by atoms with Gasteiger partial charge in [0.05, 0.1) is 10.4 Å². The summed E-state index contributed by atoms with van der Waals surface area (Å²) in [5.41, 5.74) is 2.22. The molecule has 3 aromatic rings. The number of pyridine rings is 1. The molecule has 2 aromatic heterocycles. The SMILES string of the molecule is CCC1CCCCN1C(=O)c1cc2cc3ccc(C)cc3nc2s1. The molecule has 124 valence electrons. The Kier molecular flexibility index (Phi) is 4.01. The average Bonchev–Trinajstić information content (AvgIpc) is 3.01. The highest BCUT2D eigenvalue weighted by atomic mass is 32.1. The minimum absolute atomic E-state index is 0.185. The third-order valence-corrected chi connectivity index (χ3v) is 6.06. The molecule has 0 N–H and O–H groups in total. The summed E-state index contributed by atoms with van der Waals surface area (Å²) in [6.07, 6.45) is 4.53. The van der Waals surface area contributed by atoms with E-state index < -0.39 is 0 Å². The van der Waals surface area contributed by atoms with Crippen LogP contribution in [0, 0.1) is 6.92 Å². The van der Waals surface area contributed by atoms with E-state index >= 15 is 0 Å². The van der Waals surface area contributed by atoms with E-state index in [9.17, 15) is 4.79 Å². The summed E-state index contributed by atoms with van der Waals surface area (Å²) in [4.78, 5) is 21.6. The lowest BCUT2D eigenvalue weighted by atomic mass is 10.00. The third-order valence-electron chi connectivity index (χ3n) is 5.03. The topological polar surface area (TPSA) is 33.2 Å². The van der Waals surface area contributed by atoms with Crippen LogP contribution >= 0.6 is 11.3 Å². The fourth-order valence-corrected chi connectivity index (χ4v) is 4.65. The van der Waals surface area contributed by atoms with E-state index in [0.717, 1.165) is 51.8 Å². The Morgan fingerprint density at radius 2 is 2.12 bits per heavy atom. The van der Waals surface area contributed by atoms with Crippen molar-refractivity contribution in [3.05, 3.63) is 40.8 Å². The van der Waals surface area contributed by atoms with Crippen molar-refractivity contribution >= 4 is 38.4 Å². The van der Waals surface area contributed by atoms with Crippen molar-refractivity contribution in [2.24, 2.45) is 0 Å². The predicted molar refractivity (Wildman–Crippen MR) is 101 cm³/mol. The first-order chi connectivity index (χ1) is 11.7. The third kappa shape index (κ3) is 2.69. The van der Waals surface area contributed by atoms with Crippen LogP contribution < -0.4 is 0 Å². The van der Waals surface area contributed by atoms with Crippen molar-refractivity contribution in [2.75, 3.05) is 6.54 Å². The standard InChI is InChI=1S/C20H22N2OS/c1-3-16-6-4-5-9-22(16)20(23)18-12-15-11-14-8-7-13(2)10-17(14)21-19(15)24-18/h7-8,10-12,16H,3-6,9H2,1-2H3. The molecule has 24 heavy (non-hydrogen) atoms. The zero-order valence-electron chi connectivity index (χ0n) is 14.2. The number of amides is 1. The van der Waals surface area contributed by atoms with Crippen LogP contribution in [0.15, 0.2) is 30.3 Å². The second-order valence-corrected chi connectivity index (χ2v) is 7.78. The minimum Gasteiger partial charge on any atom is -0.335 e. The van der Waals surface area contributed by atoms with E-state index in [1.165, 1.54) is 23.3 Å². The van der Waals surface area contributed by atoms with E-state index in [-0.39, 0.29) is 5.91 Å². The number of likely N-dealkylation sites (tertiary alicyclic amines) is 1. The van der Waals surface area contributed by atoms with Gasteiger partial charge in [0.25, 0.3) is 5.91 Å².